The Morgan fingerprint density at radius 3 is 1.55 bits per heavy atom. The molecule has 476 valence electrons. The zero-order valence-corrected chi connectivity index (χ0v) is 52.6. The van der Waals surface area contributed by atoms with Gasteiger partial charge in [-0.3, -0.25) is 19.1 Å². The third-order valence-corrected chi connectivity index (χ3v) is 16.8. The van der Waals surface area contributed by atoms with Crippen molar-refractivity contribution in [1.29, 1.82) is 0 Å². The maximum Gasteiger partial charge on any atom is 0.333 e. The summed E-state index contributed by atoms with van der Waals surface area (Å²) in [6, 6.07) is 26.3. The van der Waals surface area contributed by atoms with Crippen molar-refractivity contribution in [2.45, 2.75) is 84.6 Å². The van der Waals surface area contributed by atoms with Crippen molar-refractivity contribution >= 4 is 55.0 Å². The number of aliphatic hydroxyl groups is 1. The van der Waals surface area contributed by atoms with Gasteiger partial charge in [0.25, 0.3) is 11.1 Å². The van der Waals surface area contributed by atoms with Gasteiger partial charge in [-0.2, -0.15) is 20.4 Å². The molecule has 91 heavy (non-hydrogen) atoms. The van der Waals surface area contributed by atoms with Crippen molar-refractivity contribution in [2.24, 2.45) is 0 Å². The largest absolute Gasteiger partial charge is 0.496 e. The number of aromatic nitrogens is 10. The van der Waals surface area contributed by atoms with Crippen LogP contribution in [0.4, 0.5) is 8.78 Å². The van der Waals surface area contributed by atoms with E-state index in [9.17, 15) is 42.7 Å². The monoisotopic (exact) mass is 1280 g/mol. The Labute approximate surface area is 527 Å². The SMILES string of the molecule is C=CCO[C@H](CO)c1cc(F)ccc1OC.C=CCO[C@H](Cn1c(=O)n(C(C)(C)C(=O)OCc2ccccc2)c(=O)c2c(C)c(-n3nccn3)sc21)c1cc(F)ccc1OC.Cc1c(-n2nccn2)sc2[nH]c(=O)n(C(C)(C)C(=O)OCc3ccccc3)c(=O)c12. The highest BCUT2D eigenvalue weighted by molar-refractivity contribution is 7.21. The van der Waals surface area contributed by atoms with Gasteiger partial charge < -0.3 is 33.5 Å². The van der Waals surface area contributed by atoms with E-state index in [2.05, 4.69) is 38.5 Å². The lowest BCUT2D eigenvalue weighted by Gasteiger charge is -2.27. The minimum absolute atomic E-state index is 0.0439. The predicted octanol–water partition coefficient (Wildman–Crippen LogP) is 8.87. The lowest BCUT2D eigenvalue weighted by Crippen LogP contribution is -2.53. The van der Waals surface area contributed by atoms with E-state index in [1.54, 1.807) is 32.1 Å². The highest BCUT2D eigenvalue weighted by Crippen LogP contribution is 2.36. The number of methoxy groups -OCH3 is 2. The number of halogens is 2. The van der Waals surface area contributed by atoms with Gasteiger partial charge in [0.05, 0.1) is 76.1 Å². The number of aryl methyl sites for hydroxylation is 2. The van der Waals surface area contributed by atoms with Gasteiger partial charge in [0.1, 0.15) is 79.3 Å². The van der Waals surface area contributed by atoms with E-state index in [4.69, 9.17) is 28.4 Å². The molecule has 0 aliphatic carbocycles. The van der Waals surface area contributed by atoms with Gasteiger partial charge >= 0.3 is 23.3 Å². The van der Waals surface area contributed by atoms with Crippen LogP contribution in [0, 0.1) is 25.5 Å². The van der Waals surface area contributed by atoms with Gasteiger partial charge in [0, 0.05) is 22.3 Å². The van der Waals surface area contributed by atoms with Gasteiger partial charge in [-0.15, -0.1) is 22.8 Å². The molecule has 10 rings (SSSR count). The molecule has 0 saturated carbocycles. The van der Waals surface area contributed by atoms with Crippen LogP contribution in [-0.2, 0) is 59.4 Å². The molecule has 0 bridgehead atoms. The number of thiophene rings is 2. The summed E-state index contributed by atoms with van der Waals surface area (Å²) in [7, 11) is 2.93. The first-order valence-electron chi connectivity index (χ1n) is 28.1. The van der Waals surface area contributed by atoms with E-state index < -0.39 is 69.4 Å². The summed E-state index contributed by atoms with van der Waals surface area (Å²) in [6.07, 6.45) is 7.61. The molecule has 0 unspecified atom stereocenters. The molecule has 0 amide bonds. The zero-order chi connectivity index (χ0) is 65.7. The Morgan fingerprint density at radius 2 is 1.08 bits per heavy atom. The Morgan fingerprint density at radius 1 is 0.637 bits per heavy atom. The van der Waals surface area contributed by atoms with Crippen molar-refractivity contribution in [3.8, 4) is 21.5 Å². The van der Waals surface area contributed by atoms with E-state index in [0.717, 1.165) is 31.6 Å². The fraction of sp³-hybridized carbons (Fsp3) is 0.281. The quantitative estimate of drug-likeness (QED) is 0.0447. The summed E-state index contributed by atoms with van der Waals surface area (Å²) >= 11 is 2.33. The molecule has 0 saturated heterocycles. The van der Waals surface area contributed by atoms with Crippen molar-refractivity contribution in [2.75, 3.05) is 34.0 Å². The Balaban J connectivity index is 0.000000198. The molecular formula is C64H66F2N10O13S2. The maximum absolute atomic E-state index is 14.5. The minimum Gasteiger partial charge on any atom is -0.496 e. The number of esters is 2. The number of aromatic amines is 1. The molecule has 2 N–H and O–H groups in total. The fourth-order valence-corrected chi connectivity index (χ4v) is 12.0. The van der Waals surface area contributed by atoms with Gasteiger partial charge in [-0.1, -0.05) is 95.5 Å². The predicted molar refractivity (Wildman–Crippen MR) is 338 cm³/mol. The molecule has 27 heteroatoms. The molecule has 6 aromatic heterocycles. The number of nitrogens with one attached hydrogen (secondary N) is 1. The first kappa shape index (κ1) is 67.1. The van der Waals surface area contributed by atoms with Crippen LogP contribution < -0.4 is 32.0 Å². The molecule has 0 radical (unpaired) electrons. The number of rotatable bonds is 23. The van der Waals surface area contributed by atoms with Gasteiger partial charge in [-0.25, -0.2) is 37.1 Å². The summed E-state index contributed by atoms with van der Waals surface area (Å²) < 4.78 is 63.7. The van der Waals surface area contributed by atoms with Crippen LogP contribution in [0.15, 0.2) is 166 Å². The molecular weight excluding hydrogens is 1220 g/mol. The molecule has 23 nitrogen and oxygen atoms in total. The summed E-state index contributed by atoms with van der Waals surface area (Å²) in [5.41, 5.74) is -2.40. The first-order valence-corrected chi connectivity index (χ1v) is 29.7. The first-order chi connectivity index (χ1) is 43.6. The summed E-state index contributed by atoms with van der Waals surface area (Å²) in [6.45, 7) is 16.5. The normalized spacial score (nSPS) is 12.1. The van der Waals surface area contributed by atoms with Crippen LogP contribution in [0.5, 0.6) is 11.5 Å². The molecule has 0 aliphatic heterocycles. The number of aliphatic hydroxyl groups excluding tert-OH is 1. The zero-order valence-electron chi connectivity index (χ0n) is 51.0. The average molecular weight is 1290 g/mol. The summed E-state index contributed by atoms with van der Waals surface area (Å²) in [5.74, 6) is -1.54. The molecule has 0 spiro atoms. The van der Waals surface area contributed by atoms with Gasteiger partial charge in [-0.05, 0) is 89.1 Å². The second kappa shape index (κ2) is 29.7. The Bertz CT molecular complexity index is 4450. The van der Waals surface area contributed by atoms with E-state index in [1.807, 2.05) is 48.5 Å². The van der Waals surface area contributed by atoms with Crippen LogP contribution >= 0.6 is 22.7 Å². The smallest absolute Gasteiger partial charge is 0.333 e. The number of carbonyl (C=O) groups is 2. The van der Waals surface area contributed by atoms with Crippen molar-refractivity contribution in [3.63, 3.8) is 0 Å². The highest BCUT2D eigenvalue weighted by atomic mass is 32.1. The Kier molecular flexibility index (Phi) is 21.9. The number of fused-ring (bicyclic) bond motifs is 2. The van der Waals surface area contributed by atoms with Crippen molar-refractivity contribution in [3.05, 3.63) is 234 Å². The number of nitrogens with zero attached hydrogens (tertiary/aromatic N) is 9. The third-order valence-electron chi connectivity index (χ3n) is 14.3. The second-order valence-electron chi connectivity index (χ2n) is 21.1. The maximum atomic E-state index is 14.5. The number of benzene rings is 4. The van der Waals surface area contributed by atoms with Gasteiger partial charge in [0.2, 0.25) is 0 Å². The number of hydrogen-bond donors (Lipinski definition) is 2. The standard InChI is InChI=1S/C32H32FN5O6S.C20H19N5O4S.C12H15FO3/c1-6-16-43-25(23-17-22(33)12-13-24(23)42-5)18-36-29-26(20(2)28(45-29)38-34-14-15-35-38)27(39)37(31(36)41)32(3,4)30(40)44-19-21-10-8-7-9-11-21;1-12-14-15(30-17(12)25-21-9-10-22-25)23-19(28)24(16(14)26)20(2,3)18(27)29-11-13-7-5-4-6-8-13;1-3-6-16-12(8-14)10-7-9(13)4-5-11(10)15-2/h6-15,17,25H,1,16,18-19H2,2-5H3;4-10H,11H2,1-3H3,(H,23,28);3-5,7,12,14H,1,6,8H2,2H3/t25-;;12-/m1.1/s1. The molecule has 10 aromatic rings. The topological polar surface area (TPSA) is 270 Å². The minimum atomic E-state index is -1.72. The van der Waals surface area contributed by atoms with E-state index in [-0.39, 0.29) is 45.0 Å². The Hall–Kier alpha value is -9.80. The summed E-state index contributed by atoms with van der Waals surface area (Å²) in [5, 5.41) is 27.4. The number of carbonyl (C=O) groups excluding carboxylic acids is 2. The van der Waals surface area contributed by atoms with E-state index in [0.29, 0.717) is 58.8 Å². The molecule has 0 fully saturated rings. The van der Waals surface area contributed by atoms with Crippen molar-refractivity contribution in [1.82, 2.24) is 48.7 Å². The van der Waals surface area contributed by atoms with Crippen molar-refractivity contribution < 1.29 is 51.9 Å². The number of H-pyrrole nitrogens is 1. The molecule has 4 aromatic carbocycles. The highest BCUT2D eigenvalue weighted by Gasteiger charge is 2.39. The molecule has 0 aliphatic rings. The second-order valence-corrected chi connectivity index (χ2v) is 23.1. The van der Waals surface area contributed by atoms with Crippen LogP contribution in [0.2, 0.25) is 0 Å². The molecule has 2 atom stereocenters. The lowest BCUT2D eigenvalue weighted by atomic mass is 10.0. The van der Waals surface area contributed by atoms with Crippen LogP contribution in [-0.4, -0.2) is 99.8 Å². The van der Waals surface area contributed by atoms with Gasteiger partial charge in [0.15, 0.2) is 0 Å². The molecule has 6 heterocycles. The van der Waals surface area contributed by atoms with Crippen LogP contribution in [0.3, 0.4) is 0 Å². The summed E-state index contributed by atoms with van der Waals surface area (Å²) in [4.78, 5) is 87.1. The average Bonchev–Trinajstić information content (AvgIpc) is 1.67. The number of ether oxygens (including phenoxy) is 6. The fourth-order valence-electron chi connectivity index (χ4n) is 9.63. The lowest BCUT2D eigenvalue weighted by molar-refractivity contribution is -0.155. The van der Waals surface area contributed by atoms with E-state index in [1.165, 1.54) is 135 Å². The van der Waals surface area contributed by atoms with E-state index >= 15 is 0 Å². The van der Waals surface area contributed by atoms with Crippen LogP contribution in [0.1, 0.15) is 73.3 Å². The number of hydrogen-bond acceptors (Lipinski definition) is 19. The third kappa shape index (κ3) is 14.8. The van der Waals surface area contributed by atoms with Crippen LogP contribution in [0.25, 0.3) is 30.4 Å².